The normalized spacial score (nSPS) is 24.8. The minimum Gasteiger partial charge on any atom is -0.393 e. The van der Waals surface area contributed by atoms with Crippen molar-refractivity contribution in [3.63, 3.8) is 0 Å². The molecule has 55 heavy (non-hydrogen) atoms. The fourth-order valence-corrected chi connectivity index (χ4v) is 7.41. The predicted molar refractivity (Wildman–Crippen MR) is 215 cm³/mol. The maximum absolute atomic E-state index is 12.9. The van der Waals surface area contributed by atoms with E-state index >= 15 is 0 Å². The Bertz CT molecular complexity index is 1090. The Morgan fingerprint density at radius 1 is 0.636 bits per heavy atom. The van der Waals surface area contributed by atoms with E-state index in [1.54, 1.807) is 6.08 Å². The molecule has 1 saturated carbocycles. The van der Waals surface area contributed by atoms with Crippen LogP contribution in [0.5, 0.6) is 0 Å². The van der Waals surface area contributed by atoms with E-state index in [-0.39, 0.29) is 6.42 Å². The zero-order chi connectivity index (χ0) is 40.9. The van der Waals surface area contributed by atoms with E-state index in [1.807, 2.05) is 0 Å². The summed E-state index contributed by atoms with van der Waals surface area (Å²) >= 11 is 0. The van der Waals surface area contributed by atoms with Crippen molar-refractivity contribution in [3.8, 4) is 0 Å². The molecule has 14 heteroatoms. The SMILES string of the molecule is CCCCCCCC/C=C/CC/C=C/CC/C=C/C(O)C(COP(=O)(O)OC1C(O)C(O)C(O)C(O)C1O)NC(=O)CC(O)CCCCCCCCCCC. The second-order valence-corrected chi connectivity index (χ2v) is 16.4. The molecular formula is C41H76NO12P. The van der Waals surface area contributed by atoms with Crippen molar-refractivity contribution in [2.75, 3.05) is 6.61 Å². The van der Waals surface area contributed by atoms with Crippen molar-refractivity contribution in [3.05, 3.63) is 36.5 Å². The quantitative estimate of drug-likeness (QED) is 0.0218. The fourth-order valence-electron chi connectivity index (χ4n) is 6.45. The van der Waals surface area contributed by atoms with Crippen LogP contribution in [-0.4, -0.2) is 108 Å². The number of allylic oxidation sites excluding steroid dienone is 5. The van der Waals surface area contributed by atoms with Gasteiger partial charge < -0.3 is 46.0 Å². The molecule has 0 aromatic carbocycles. The standard InChI is InChI=1S/C41H76NO12P/c1-3-5-7-9-11-13-14-15-16-17-18-19-21-23-25-27-29-34(44)33(42-35(45)30-32(43)28-26-24-22-20-12-10-8-6-4-2)31-53-55(51,52)54-41-39(49)37(47)36(46)38(48)40(41)50/h15-16,19,21,27,29,32-34,36-41,43-44,46-50H,3-14,17-18,20,22-26,28,30-31H2,1-2H3,(H,42,45)(H,51,52)/b16-15+,21-19+,29-27+. The van der Waals surface area contributed by atoms with Gasteiger partial charge in [-0.05, 0) is 44.9 Å². The van der Waals surface area contributed by atoms with Gasteiger partial charge in [-0.2, -0.15) is 0 Å². The summed E-state index contributed by atoms with van der Waals surface area (Å²) in [7, 11) is -5.14. The lowest BCUT2D eigenvalue weighted by atomic mass is 9.85. The third-order valence-electron chi connectivity index (χ3n) is 9.96. The Morgan fingerprint density at radius 3 is 1.60 bits per heavy atom. The van der Waals surface area contributed by atoms with E-state index in [0.29, 0.717) is 19.3 Å². The van der Waals surface area contributed by atoms with E-state index in [0.717, 1.165) is 44.9 Å². The summed E-state index contributed by atoms with van der Waals surface area (Å²) < 4.78 is 22.7. The van der Waals surface area contributed by atoms with Crippen LogP contribution in [0.1, 0.15) is 155 Å². The van der Waals surface area contributed by atoms with Gasteiger partial charge in [0, 0.05) is 0 Å². The van der Waals surface area contributed by atoms with Gasteiger partial charge in [-0.15, -0.1) is 0 Å². The average Bonchev–Trinajstić information content (AvgIpc) is 3.15. The van der Waals surface area contributed by atoms with Crippen molar-refractivity contribution < 1.29 is 59.0 Å². The number of aliphatic hydroxyl groups excluding tert-OH is 7. The average molecular weight is 806 g/mol. The zero-order valence-electron chi connectivity index (χ0n) is 33.6. The molecule has 1 rings (SSSR count). The van der Waals surface area contributed by atoms with E-state index < -0.39 is 75.2 Å². The number of phosphoric acid groups is 1. The molecule has 0 aromatic rings. The largest absolute Gasteiger partial charge is 0.472 e. The molecule has 8 atom stereocenters. The number of carbonyl (C=O) groups is 1. The van der Waals surface area contributed by atoms with E-state index in [1.165, 1.54) is 76.7 Å². The number of carbonyl (C=O) groups excluding carboxylic acids is 1. The highest BCUT2D eigenvalue weighted by Gasteiger charge is 2.51. The molecule has 0 spiro atoms. The molecular weight excluding hydrogens is 729 g/mol. The second-order valence-electron chi connectivity index (χ2n) is 15.0. The fraction of sp³-hybridized carbons (Fsp3) is 0.829. The zero-order valence-corrected chi connectivity index (χ0v) is 34.5. The number of hydrogen-bond donors (Lipinski definition) is 9. The number of aliphatic hydroxyl groups is 7. The predicted octanol–water partition coefficient (Wildman–Crippen LogP) is 5.80. The molecule has 8 unspecified atom stereocenters. The van der Waals surface area contributed by atoms with Gasteiger partial charge in [-0.25, -0.2) is 4.57 Å². The van der Waals surface area contributed by atoms with Crippen LogP contribution in [-0.2, 0) is 18.4 Å². The van der Waals surface area contributed by atoms with Crippen molar-refractivity contribution in [2.45, 2.75) is 210 Å². The Hall–Kier alpha value is -1.48. The number of unbranched alkanes of at least 4 members (excludes halogenated alkanes) is 16. The third-order valence-corrected chi connectivity index (χ3v) is 10.9. The molecule has 0 aliphatic heterocycles. The van der Waals surface area contributed by atoms with Gasteiger partial charge in [0.05, 0.1) is 31.3 Å². The van der Waals surface area contributed by atoms with Gasteiger partial charge in [-0.3, -0.25) is 13.8 Å². The summed E-state index contributed by atoms with van der Waals surface area (Å²) in [5.41, 5.74) is 0. The van der Waals surface area contributed by atoms with Crippen molar-refractivity contribution in [2.24, 2.45) is 0 Å². The topological polar surface area (TPSA) is 226 Å². The van der Waals surface area contributed by atoms with Crippen LogP contribution in [0.2, 0.25) is 0 Å². The molecule has 322 valence electrons. The molecule has 0 heterocycles. The number of amides is 1. The lowest BCUT2D eigenvalue weighted by molar-refractivity contribution is -0.220. The Balaban J connectivity index is 2.67. The molecule has 1 aliphatic carbocycles. The number of phosphoric ester groups is 1. The van der Waals surface area contributed by atoms with Gasteiger partial charge in [0.1, 0.15) is 36.6 Å². The maximum atomic E-state index is 12.9. The number of hydrogen-bond acceptors (Lipinski definition) is 11. The van der Waals surface area contributed by atoms with Gasteiger partial charge >= 0.3 is 7.82 Å². The summed E-state index contributed by atoms with van der Waals surface area (Å²) in [4.78, 5) is 23.3. The second kappa shape index (κ2) is 31.5. The van der Waals surface area contributed by atoms with Crippen LogP contribution in [0.4, 0.5) is 0 Å². The molecule has 0 aromatic heterocycles. The van der Waals surface area contributed by atoms with Gasteiger partial charge in [-0.1, -0.05) is 140 Å². The lowest BCUT2D eigenvalue weighted by Gasteiger charge is -2.41. The van der Waals surface area contributed by atoms with E-state index in [4.69, 9.17) is 9.05 Å². The molecule has 0 saturated heterocycles. The Labute approximate surface area is 330 Å². The van der Waals surface area contributed by atoms with Gasteiger partial charge in [0.2, 0.25) is 5.91 Å². The van der Waals surface area contributed by atoms with Gasteiger partial charge in [0.15, 0.2) is 0 Å². The number of rotatable bonds is 33. The highest BCUT2D eigenvalue weighted by Crippen LogP contribution is 2.47. The molecule has 1 amide bonds. The summed E-state index contributed by atoms with van der Waals surface area (Å²) in [5.74, 6) is -0.611. The molecule has 1 fully saturated rings. The highest BCUT2D eigenvalue weighted by molar-refractivity contribution is 7.47. The van der Waals surface area contributed by atoms with Crippen LogP contribution in [0.15, 0.2) is 36.5 Å². The monoisotopic (exact) mass is 806 g/mol. The summed E-state index contributed by atoms with van der Waals surface area (Å²) in [6.45, 7) is 3.66. The Morgan fingerprint density at radius 2 is 1.07 bits per heavy atom. The van der Waals surface area contributed by atoms with Crippen molar-refractivity contribution in [1.82, 2.24) is 5.32 Å². The van der Waals surface area contributed by atoms with Crippen LogP contribution >= 0.6 is 7.82 Å². The summed E-state index contributed by atoms with van der Waals surface area (Å²) in [6.07, 6.45) is 19.7. The van der Waals surface area contributed by atoms with Crippen LogP contribution in [0.3, 0.4) is 0 Å². The van der Waals surface area contributed by atoms with E-state index in [9.17, 15) is 50.0 Å². The van der Waals surface area contributed by atoms with E-state index in [2.05, 4.69) is 43.5 Å². The summed E-state index contributed by atoms with van der Waals surface area (Å²) in [5, 5.41) is 74.1. The lowest BCUT2D eigenvalue weighted by Crippen LogP contribution is -2.64. The molecule has 0 bridgehead atoms. The third kappa shape index (κ3) is 24.1. The first-order valence-corrected chi connectivity index (χ1v) is 22.5. The summed E-state index contributed by atoms with van der Waals surface area (Å²) in [6, 6.07) is -1.26. The minimum absolute atomic E-state index is 0.255. The minimum atomic E-state index is -5.14. The van der Waals surface area contributed by atoms with Gasteiger partial charge in [0.25, 0.3) is 0 Å². The molecule has 13 nitrogen and oxygen atoms in total. The highest BCUT2D eigenvalue weighted by atomic mass is 31.2. The first kappa shape index (κ1) is 51.5. The molecule has 9 N–H and O–H groups in total. The Kier molecular flexibility index (Phi) is 29.5. The first-order chi connectivity index (χ1) is 26.3. The van der Waals surface area contributed by atoms with Crippen LogP contribution < -0.4 is 5.32 Å². The van der Waals surface area contributed by atoms with Crippen molar-refractivity contribution in [1.29, 1.82) is 0 Å². The maximum Gasteiger partial charge on any atom is 0.472 e. The first-order valence-electron chi connectivity index (χ1n) is 21.0. The van der Waals surface area contributed by atoms with Crippen LogP contribution in [0.25, 0.3) is 0 Å². The van der Waals surface area contributed by atoms with Crippen molar-refractivity contribution >= 4 is 13.7 Å². The smallest absolute Gasteiger partial charge is 0.393 e. The molecule has 1 aliphatic rings. The van der Waals surface area contributed by atoms with Crippen LogP contribution in [0, 0.1) is 0 Å². The molecule has 0 radical (unpaired) electrons. The number of nitrogens with one attached hydrogen (secondary N) is 1.